The summed E-state index contributed by atoms with van der Waals surface area (Å²) in [6.07, 6.45) is 1.33. The van der Waals surface area contributed by atoms with Crippen molar-refractivity contribution in [3.8, 4) is 0 Å². The maximum absolute atomic E-state index is 12.4. The topological polar surface area (TPSA) is 101 Å². The van der Waals surface area contributed by atoms with Crippen LogP contribution in [0.15, 0.2) is 48.2 Å². The van der Waals surface area contributed by atoms with E-state index in [9.17, 15) is 19.7 Å². The molecule has 134 valence electrons. The first-order valence-electron chi connectivity index (χ1n) is 7.26. The van der Waals surface area contributed by atoms with E-state index >= 15 is 0 Å². The second-order valence-corrected chi connectivity index (χ2v) is 5.91. The largest absolute Gasteiger partial charge is 0.354 e. The number of non-ortho nitro benzene ring substituents is 1. The molecule has 0 aliphatic rings. The smallest absolute Gasteiger partial charge is 0.270 e. The van der Waals surface area contributed by atoms with Gasteiger partial charge in [0.05, 0.1) is 15.5 Å². The van der Waals surface area contributed by atoms with Gasteiger partial charge in [-0.25, -0.2) is 0 Å². The molecular weight excluding hydrogens is 381 g/mol. The summed E-state index contributed by atoms with van der Waals surface area (Å²) in [7, 11) is 1.39. The molecule has 2 amide bonds. The molecule has 26 heavy (non-hydrogen) atoms. The van der Waals surface area contributed by atoms with Crippen LogP contribution < -0.4 is 10.6 Å². The quantitative estimate of drug-likeness (QED) is 0.461. The van der Waals surface area contributed by atoms with Crippen molar-refractivity contribution in [3.63, 3.8) is 0 Å². The highest BCUT2D eigenvalue weighted by atomic mass is 35.5. The first-order chi connectivity index (χ1) is 12.3. The summed E-state index contributed by atoms with van der Waals surface area (Å²) in [5.74, 6) is -1.19. The number of rotatable bonds is 5. The van der Waals surface area contributed by atoms with Gasteiger partial charge >= 0.3 is 0 Å². The van der Waals surface area contributed by atoms with E-state index in [4.69, 9.17) is 23.2 Å². The monoisotopic (exact) mass is 393 g/mol. The number of likely N-dealkylation sites (N-methyl/N-ethyl adjacent to an activating group) is 1. The molecule has 2 N–H and O–H groups in total. The maximum Gasteiger partial charge on any atom is 0.270 e. The van der Waals surface area contributed by atoms with E-state index in [2.05, 4.69) is 10.6 Å². The van der Waals surface area contributed by atoms with Crippen molar-refractivity contribution < 1.29 is 14.5 Å². The van der Waals surface area contributed by atoms with Crippen LogP contribution in [0.4, 0.5) is 5.69 Å². The third-order valence-electron chi connectivity index (χ3n) is 3.29. The molecule has 0 aliphatic heterocycles. The van der Waals surface area contributed by atoms with Gasteiger partial charge in [0, 0.05) is 24.2 Å². The lowest BCUT2D eigenvalue weighted by atomic mass is 10.1. The van der Waals surface area contributed by atoms with Gasteiger partial charge in [0.15, 0.2) is 0 Å². The van der Waals surface area contributed by atoms with Gasteiger partial charge in [0.25, 0.3) is 17.5 Å². The number of nitrogens with one attached hydrogen (secondary N) is 2. The summed E-state index contributed by atoms with van der Waals surface area (Å²) >= 11 is 11.8. The Labute approximate surface area is 158 Å². The highest BCUT2D eigenvalue weighted by Gasteiger charge is 2.16. The minimum Gasteiger partial charge on any atom is -0.354 e. The van der Waals surface area contributed by atoms with Gasteiger partial charge in [-0.2, -0.15) is 0 Å². The minimum absolute atomic E-state index is 0.0935. The van der Waals surface area contributed by atoms with Crippen LogP contribution in [0.3, 0.4) is 0 Å². The number of carbonyl (C=O) groups is 2. The normalized spacial score (nSPS) is 11.0. The zero-order valence-electron chi connectivity index (χ0n) is 13.5. The molecule has 9 heteroatoms. The van der Waals surface area contributed by atoms with Crippen LogP contribution in [0.5, 0.6) is 0 Å². The maximum atomic E-state index is 12.4. The van der Waals surface area contributed by atoms with E-state index in [0.29, 0.717) is 10.6 Å². The Kier molecular flexibility index (Phi) is 6.32. The fraction of sp³-hybridized carbons (Fsp3) is 0.0588. The van der Waals surface area contributed by atoms with Crippen molar-refractivity contribution >= 4 is 46.8 Å². The first kappa shape index (κ1) is 19.4. The van der Waals surface area contributed by atoms with Gasteiger partial charge in [-0.3, -0.25) is 19.7 Å². The third-order valence-corrected chi connectivity index (χ3v) is 3.84. The summed E-state index contributed by atoms with van der Waals surface area (Å²) in [4.78, 5) is 34.8. The molecule has 2 aromatic carbocycles. The number of benzene rings is 2. The Hall–Kier alpha value is -2.90. The van der Waals surface area contributed by atoms with E-state index in [1.165, 1.54) is 49.5 Å². The van der Waals surface area contributed by atoms with Crippen molar-refractivity contribution in [2.75, 3.05) is 7.05 Å². The molecule has 0 saturated heterocycles. The van der Waals surface area contributed by atoms with E-state index in [-0.39, 0.29) is 22.0 Å². The summed E-state index contributed by atoms with van der Waals surface area (Å²) in [5, 5.41) is 16.2. The first-order valence-corrected chi connectivity index (χ1v) is 8.02. The van der Waals surface area contributed by atoms with Crippen molar-refractivity contribution in [3.05, 3.63) is 79.4 Å². The highest BCUT2D eigenvalue weighted by molar-refractivity contribution is 6.36. The van der Waals surface area contributed by atoms with E-state index in [1.807, 2.05) is 0 Å². The molecule has 0 saturated carbocycles. The average Bonchev–Trinajstić information content (AvgIpc) is 2.60. The molecule has 2 aromatic rings. The number of hydrogen-bond acceptors (Lipinski definition) is 4. The molecule has 2 rings (SSSR count). The molecule has 0 heterocycles. The highest BCUT2D eigenvalue weighted by Crippen LogP contribution is 2.21. The fourth-order valence-electron chi connectivity index (χ4n) is 2.05. The van der Waals surface area contributed by atoms with Gasteiger partial charge < -0.3 is 10.6 Å². The molecule has 0 radical (unpaired) electrons. The van der Waals surface area contributed by atoms with Gasteiger partial charge in [0.2, 0.25) is 0 Å². The molecule has 0 spiro atoms. The van der Waals surface area contributed by atoms with Crippen molar-refractivity contribution in [1.82, 2.24) is 10.6 Å². The average molecular weight is 394 g/mol. The number of amides is 2. The Morgan fingerprint density at radius 1 is 1.15 bits per heavy atom. The van der Waals surface area contributed by atoms with Crippen molar-refractivity contribution in [2.45, 2.75) is 0 Å². The van der Waals surface area contributed by atoms with Crippen LogP contribution in [0, 0.1) is 10.1 Å². The molecule has 0 aliphatic carbocycles. The van der Waals surface area contributed by atoms with Crippen molar-refractivity contribution in [1.29, 1.82) is 0 Å². The van der Waals surface area contributed by atoms with E-state index < -0.39 is 16.7 Å². The predicted octanol–water partition coefficient (Wildman–Crippen LogP) is 3.42. The summed E-state index contributed by atoms with van der Waals surface area (Å²) < 4.78 is 0. The van der Waals surface area contributed by atoms with Crippen molar-refractivity contribution in [2.24, 2.45) is 0 Å². The Morgan fingerprint density at radius 2 is 1.88 bits per heavy atom. The SMILES string of the molecule is CNC(=O)/C(=C/c1cccc([N+](=O)[O-])c1)NC(=O)c1ccc(Cl)cc1Cl. The van der Waals surface area contributed by atoms with Gasteiger partial charge in [-0.05, 0) is 29.8 Å². The molecular formula is C17H13Cl2N3O4. The van der Waals surface area contributed by atoms with Crippen LogP contribution in [0.25, 0.3) is 6.08 Å². The molecule has 0 atom stereocenters. The lowest BCUT2D eigenvalue weighted by Gasteiger charge is -2.10. The third kappa shape index (κ3) is 4.81. The zero-order valence-corrected chi connectivity index (χ0v) is 15.0. The predicted molar refractivity (Wildman–Crippen MR) is 99.1 cm³/mol. The van der Waals surface area contributed by atoms with Gasteiger partial charge in [-0.1, -0.05) is 35.3 Å². The molecule has 0 bridgehead atoms. The number of carbonyl (C=O) groups excluding carboxylic acids is 2. The summed E-state index contributed by atoms with van der Waals surface area (Å²) in [6, 6.07) is 9.97. The molecule has 0 fully saturated rings. The summed E-state index contributed by atoms with van der Waals surface area (Å²) in [6.45, 7) is 0. The number of nitro groups is 1. The molecule has 0 unspecified atom stereocenters. The molecule has 7 nitrogen and oxygen atoms in total. The van der Waals surface area contributed by atoms with Crippen LogP contribution in [-0.2, 0) is 4.79 Å². The Morgan fingerprint density at radius 3 is 2.50 bits per heavy atom. The number of nitrogens with zero attached hydrogens (tertiary/aromatic N) is 1. The lowest BCUT2D eigenvalue weighted by Crippen LogP contribution is -2.33. The van der Waals surface area contributed by atoms with Crippen LogP contribution in [0.2, 0.25) is 10.0 Å². The Bertz CT molecular complexity index is 913. The fourth-order valence-corrected chi connectivity index (χ4v) is 2.55. The zero-order chi connectivity index (χ0) is 19.3. The van der Waals surface area contributed by atoms with Crippen LogP contribution in [0.1, 0.15) is 15.9 Å². The van der Waals surface area contributed by atoms with Crippen LogP contribution in [-0.4, -0.2) is 23.8 Å². The number of nitro benzene ring substituents is 1. The van der Waals surface area contributed by atoms with Gasteiger partial charge in [-0.15, -0.1) is 0 Å². The van der Waals surface area contributed by atoms with Gasteiger partial charge in [0.1, 0.15) is 5.70 Å². The molecule has 0 aromatic heterocycles. The van der Waals surface area contributed by atoms with E-state index in [1.54, 1.807) is 6.07 Å². The number of halogens is 2. The Balaban J connectivity index is 2.36. The second kappa shape index (κ2) is 8.46. The number of hydrogen-bond donors (Lipinski definition) is 2. The second-order valence-electron chi connectivity index (χ2n) is 5.07. The summed E-state index contributed by atoms with van der Waals surface area (Å²) in [5.41, 5.74) is 0.274. The lowest BCUT2D eigenvalue weighted by molar-refractivity contribution is -0.384. The van der Waals surface area contributed by atoms with E-state index in [0.717, 1.165) is 0 Å². The minimum atomic E-state index is -0.619. The standard InChI is InChI=1S/C17H13Cl2N3O4/c1-20-17(24)15(8-10-3-2-4-12(7-10)22(25)26)21-16(23)13-6-5-11(18)9-14(13)19/h2-9H,1H3,(H,20,24)(H,21,23)/b15-8-. The van der Waals surface area contributed by atoms with Crippen LogP contribution >= 0.6 is 23.2 Å².